The summed E-state index contributed by atoms with van der Waals surface area (Å²) in [6.45, 7) is 8.00. The average molecular weight is 430 g/mol. The van der Waals surface area contributed by atoms with Gasteiger partial charge in [-0.3, -0.25) is 19.2 Å². The molecule has 2 rings (SSSR count). The molecule has 1 unspecified atom stereocenters. The molecule has 1 aliphatic carbocycles. The smallest absolute Gasteiger partial charge is 0.310 e. The fourth-order valence-electron chi connectivity index (χ4n) is 3.29. The number of aromatic hydroxyl groups is 2. The van der Waals surface area contributed by atoms with Gasteiger partial charge >= 0.3 is 11.9 Å². The molecule has 1 aromatic carbocycles. The molecule has 1 aliphatic rings. The SMILES string of the molecule is CC(=O)OC(C)(C)CC(=O)OC(CC=C(C)C)c1cc(O)c2c(c1O)C(=O)C=CC2=O. The molecule has 2 N–H and O–H groups in total. The Morgan fingerprint density at radius 3 is 2.19 bits per heavy atom. The predicted molar refractivity (Wildman–Crippen MR) is 111 cm³/mol. The lowest BCUT2D eigenvalue weighted by Gasteiger charge is -2.26. The van der Waals surface area contributed by atoms with Crippen molar-refractivity contribution in [3.63, 3.8) is 0 Å². The highest BCUT2D eigenvalue weighted by atomic mass is 16.6. The van der Waals surface area contributed by atoms with Gasteiger partial charge in [-0.05, 0) is 45.9 Å². The third-order valence-electron chi connectivity index (χ3n) is 4.54. The quantitative estimate of drug-likeness (QED) is 0.381. The van der Waals surface area contributed by atoms with Gasteiger partial charge in [0.2, 0.25) is 0 Å². The van der Waals surface area contributed by atoms with Crippen molar-refractivity contribution in [3.05, 3.63) is 46.6 Å². The van der Waals surface area contributed by atoms with Crippen LogP contribution in [0.25, 0.3) is 0 Å². The first-order valence-electron chi connectivity index (χ1n) is 9.70. The number of ketones is 2. The number of carbonyl (C=O) groups is 4. The van der Waals surface area contributed by atoms with E-state index >= 15 is 0 Å². The summed E-state index contributed by atoms with van der Waals surface area (Å²) in [6.07, 6.45) is 2.62. The molecule has 0 bridgehead atoms. The lowest BCUT2D eigenvalue weighted by molar-refractivity contribution is -0.163. The fraction of sp³-hybridized carbons (Fsp3) is 0.391. The zero-order chi connectivity index (χ0) is 23.5. The zero-order valence-electron chi connectivity index (χ0n) is 18.1. The molecule has 0 aliphatic heterocycles. The van der Waals surface area contributed by atoms with Gasteiger partial charge in [-0.1, -0.05) is 11.6 Å². The molecule has 1 aromatic rings. The number of esters is 2. The molecule has 0 heterocycles. The Balaban J connectivity index is 2.44. The van der Waals surface area contributed by atoms with Crippen molar-refractivity contribution in [1.29, 1.82) is 0 Å². The predicted octanol–water partition coefficient (Wildman–Crippen LogP) is 3.71. The highest BCUT2D eigenvalue weighted by Crippen LogP contribution is 2.41. The molecule has 1 atom stereocenters. The van der Waals surface area contributed by atoms with Crippen molar-refractivity contribution in [2.75, 3.05) is 0 Å². The van der Waals surface area contributed by atoms with Gasteiger partial charge in [-0.15, -0.1) is 0 Å². The molecule has 0 saturated carbocycles. The maximum absolute atomic E-state index is 12.6. The maximum Gasteiger partial charge on any atom is 0.310 e. The van der Waals surface area contributed by atoms with Crippen molar-refractivity contribution < 1.29 is 38.9 Å². The minimum Gasteiger partial charge on any atom is -0.507 e. The molecule has 0 spiro atoms. The normalized spacial score (nSPS) is 14.0. The van der Waals surface area contributed by atoms with Crippen LogP contribution in [0.15, 0.2) is 29.9 Å². The van der Waals surface area contributed by atoms with Crippen LogP contribution in [0.2, 0.25) is 0 Å². The molecule has 0 amide bonds. The summed E-state index contributed by atoms with van der Waals surface area (Å²) < 4.78 is 10.6. The second kappa shape index (κ2) is 9.16. The van der Waals surface area contributed by atoms with E-state index in [9.17, 15) is 29.4 Å². The van der Waals surface area contributed by atoms with E-state index in [1.165, 1.54) is 6.92 Å². The van der Waals surface area contributed by atoms with Crippen LogP contribution in [-0.4, -0.2) is 39.3 Å². The summed E-state index contributed by atoms with van der Waals surface area (Å²) in [7, 11) is 0. The molecule has 0 saturated heterocycles. The Labute approximate surface area is 180 Å². The lowest BCUT2D eigenvalue weighted by atomic mass is 9.89. The summed E-state index contributed by atoms with van der Waals surface area (Å²) in [4.78, 5) is 48.1. The van der Waals surface area contributed by atoms with Crippen LogP contribution in [0.1, 0.15) is 79.8 Å². The Kier molecular flexibility index (Phi) is 7.05. The Bertz CT molecular complexity index is 993. The first-order chi connectivity index (χ1) is 14.3. The number of ether oxygens (including phenoxy) is 2. The van der Waals surface area contributed by atoms with Crippen LogP contribution in [0.3, 0.4) is 0 Å². The molecule has 31 heavy (non-hydrogen) atoms. The molecule has 0 aromatic heterocycles. The van der Waals surface area contributed by atoms with Crippen LogP contribution < -0.4 is 0 Å². The first-order valence-corrected chi connectivity index (χ1v) is 9.70. The number of benzene rings is 1. The van der Waals surface area contributed by atoms with Crippen LogP contribution in [0, 0.1) is 0 Å². The molecule has 8 nitrogen and oxygen atoms in total. The summed E-state index contributed by atoms with van der Waals surface area (Å²) in [6, 6.07) is 1.12. The van der Waals surface area contributed by atoms with E-state index in [4.69, 9.17) is 9.47 Å². The number of hydrogen-bond acceptors (Lipinski definition) is 8. The second-order valence-electron chi connectivity index (χ2n) is 8.17. The topological polar surface area (TPSA) is 127 Å². The number of phenolic OH excluding ortho intramolecular Hbond substituents is 2. The standard InChI is InChI=1S/C23H26O8/c1-12(2)6-9-18(30-19(28)11-23(4,5)31-13(3)24)14-10-17(27)20-15(25)7-8-16(26)21(20)22(14)29/h6-8,10,18,27,29H,9,11H2,1-5H3. The minimum absolute atomic E-state index is 0.0103. The van der Waals surface area contributed by atoms with Gasteiger partial charge in [0, 0.05) is 18.9 Å². The Morgan fingerprint density at radius 2 is 1.65 bits per heavy atom. The minimum atomic E-state index is -1.11. The van der Waals surface area contributed by atoms with Crippen molar-refractivity contribution >= 4 is 23.5 Å². The van der Waals surface area contributed by atoms with E-state index in [0.717, 1.165) is 23.8 Å². The van der Waals surface area contributed by atoms with Gasteiger partial charge in [0.25, 0.3) is 0 Å². The summed E-state index contributed by atoms with van der Waals surface area (Å²) in [5.41, 5.74) is -0.837. The molecular weight excluding hydrogens is 404 g/mol. The molecular formula is C23H26O8. The van der Waals surface area contributed by atoms with E-state index in [1.807, 2.05) is 13.8 Å². The number of allylic oxidation sites excluding steroid dienone is 3. The van der Waals surface area contributed by atoms with Crippen molar-refractivity contribution in [2.24, 2.45) is 0 Å². The van der Waals surface area contributed by atoms with E-state index in [0.29, 0.717) is 0 Å². The van der Waals surface area contributed by atoms with Gasteiger partial charge in [0.05, 0.1) is 17.5 Å². The van der Waals surface area contributed by atoms with Gasteiger partial charge < -0.3 is 19.7 Å². The fourth-order valence-corrected chi connectivity index (χ4v) is 3.29. The van der Waals surface area contributed by atoms with Gasteiger partial charge in [-0.2, -0.15) is 0 Å². The molecule has 166 valence electrons. The van der Waals surface area contributed by atoms with E-state index in [1.54, 1.807) is 19.9 Å². The first kappa shape index (κ1) is 23.9. The summed E-state index contributed by atoms with van der Waals surface area (Å²) in [5, 5.41) is 21.1. The third-order valence-corrected chi connectivity index (χ3v) is 4.54. The summed E-state index contributed by atoms with van der Waals surface area (Å²) >= 11 is 0. The average Bonchev–Trinajstić information content (AvgIpc) is 2.61. The molecule has 0 fully saturated rings. The summed E-state index contributed by atoms with van der Waals surface area (Å²) in [5.74, 6) is -3.55. The number of fused-ring (bicyclic) bond motifs is 1. The van der Waals surface area contributed by atoms with Crippen molar-refractivity contribution in [1.82, 2.24) is 0 Å². The van der Waals surface area contributed by atoms with Crippen LogP contribution in [0.5, 0.6) is 11.5 Å². The second-order valence-corrected chi connectivity index (χ2v) is 8.17. The van der Waals surface area contributed by atoms with E-state index < -0.39 is 46.7 Å². The highest BCUT2D eigenvalue weighted by molar-refractivity contribution is 6.24. The molecule has 0 radical (unpaired) electrons. The zero-order valence-corrected chi connectivity index (χ0v) is 18.1. The Morgan fingerprint density at radius 1 is 1.06 bits per heavy atom. The van der Waals surface area contributed by atoms with Crippen molar-refractivity contribution in [3.8, 4) is 11.5 Å². The third kappa shape index (κ3) is 5.81. The molecule has 8 heteroatoms. The van der Waals surface area contributed by atoms with E-state index in [2.05, 4.69) is 0 Å². The maximum atomic E-state index is 12.6. The van der Waals surface area contributed by atoms with Gasteiger partial charge in [-0.25, -0.2) is 0 Å². The number of carbonyl (C=O) groups excluding carboxylic acids is 4. The van der Waals surface area contributed by atoms with Gasteiger partial charge in [0.15, 0.2) is 11.6 Å². The number of rotatable bonds is 7. The van der Waals surface area contributed by atoms with Crippen LogP contribution >= 0.6 is 0 Å². The Hall–Kier alpha value is -3.42. The van der Waals surface area contributed by atoms with Gasteiger partial charge in [0.1, 0.15) is 23.2 Å². The van der Waals surface area contributed by atoms with E-state index in [-0.39, 0.29) is 29.5 Å². The largest absolute Gasteiger partial charge is 0.507 e. The van der Waals surface area contributed by atoms with Crippen molar-refractivity contribution in [2.45, 2.75) is 59.2 Å². The van der Waals surface area contributed by atoms with Crippen LogP contribution in [-0.2, 0) is 19.1 Å². The lowest BCUT2D eigenvalue weighted by Crippen LogP contribution is -2.31. The number of phenols is 2. The van der Waals surface area contributed by atoms with Crippen LogP contribution in [0.4, 0.5) is 0 Å². The highest BCUT2D eigenvalue weighted by Gasteiger charge is 2.33. The number of hydrogen-bond donors (Lipinski definition) is 2. The monoisotopic (exact) mass is 430 g/mol.